The Morgan fingerprint density at radius 2 is 0.694 bits per heavy atom. The van der Waals surface area contributed by atoms with Crippen LogP contribution in [0.4, 0.5) is 17.1 Å². The van der Waals surface area contributed by atoms with Crippen molar-refractivity contribution < 1.29 is 0 Å². The number of hydrogen-bond acceptors (Lipinski definition) is 6. The molecule has 0 bridgehead atoms. The summed E-state index contributed by atoms with van der Waals surface area (Å²) in [7, 11) is 0. The summed E-state index contributed by atoms with van der Waals surface area (Å²) in [5.74, 6) is 2.63. The van der Waals surface area contributed by atoms with Gasteiger partial charge in [-0.3, -0.25) is 0 Å². The highest BCUT2D eigenvalue weighted by Gasteiger charge is 2.19. The predicted molar refractivity (Wildman–Crippen MR) is 162 cm³/mol. The molecule has 4 aromatic rings. The van der Waals surface area contributed by atoms with Crippen LogP contribution in [0.25, 0.3) is 0 Å². The smallest absolute Gasteiger partial charge is 0.0452 e. The molecule has 0 amide bonds. The number of anilines is 3. The summed E-state index contributed by atoms with van der Waals surface area (Å²) < 4.78 is 0. The largest absolute Gasteiger partial charge is 0.398 e. The number of nitrogens with two attached hydrogens (primary N) is 3. The Balaban J connectivity index is 1.69. The van der Waals surface area contributed by atoms with Gasteiger partial charge in [-0.15, -0.1) is 35.3 Å². The third kappa shape index (κ3) is 6.00. The van der Waals surface area contributed by atoms with E-state index < -0.39 is 0 Å². The van der Waals surface area contributed by atoms with Gasteiger partial charge >= 0.3 is 0 Å². The summed E-state index contributed by atoms with van der Waals surface area (Å²) in [6.45, 7) is 6.79. The lowest BCUT2D eigenvalue weighted by molar-refractivity contribution is 1.10. The van der Waals surface area contributed by atoms with Gasteiger partial charge in [0.1, 0.15) is 0 Å². The average molecular weight is 532 g/mol. The van der Waals surface area contributed by atoms with Crippen molar-refractivity contribution >= 4 is 52.3 Å². The first kappa shape index (κ1) is 26.4. The molecular weight excluding hydrogens is 499 g/mol. The topological polar surface area (TPSA) is 78.1 Å². The Kier molecular flexibility index (Phi) is 8.83. The molecular formula is C30H33N3S3. The lowest BCUT2D eigenvalue weighted by atomic mass is 9.90. The summed E-state index contributed by atoms with van der Waals surface area (Å²) in [6, 6.07) is 24.3. The molecule has 0 aromatic heterocycles. The minimum atomic E-state index is 0.829. The molecule has 0 unspecified atom stereocenters. The zero-order chi connectivity index (χ0) is 25.7. The van der Waals surface area contributed by atoms with E-state index in [-0.39, 0.29) is 0 Å². The number of nitrogen functional groups attached to an aromatic ring is 3. The SMILES string of the molecule is Cc1c(CSc2ccccc2N)c(C)c(CSc2ccccc2N)c(C)c1CSc1ccccc1N. The summed E-state index contributed by atoms with van der Waals surface area (Å²) in [6.07, 6.45) is 0. The van der Waals surface area contributed by atoms with Crippen LogP contribution < -0.4 is 17.2 Å². The minimum Gasteiger partial charge on any atom is -0.398 e. The van der Waals surface area contributed by atoms with E-state index in [1.807, 2.05) is 54.6 Å². The van der Waals surface area contributed by atoms with Gasteiger partial charge in [0.05, 0.1) is 0 Å². The minimum absolute atomic E-state index is 0.829. The van der Waals surface area contributed by atoms with Crippen LogP contribution in [0, 0.1) is 20.8 Å². The molecule has 4 aromatic carbocycles. The van der Waals surface area contributed by atoms with E-state index in [9.17, 15) is 0 Å². The quantitative estimate of drug-likeness (QED) is 0.149. The van der Waals surface area contributed by atoms with Crippen LogP contribution in [-0.4, -0.2) is 0 Å². The van der Waals surface area contributed by atoms with E-state index in [0.717, 1.165) is 49.0 Å². The van der Waals surface area contributed by atoms with Crippen molar-refractivity contribution in [1.82, 2.24) is 0 Å². The van der Waals surface area contributed by atoms with Gasteiger partial charge < -0.3 is 17.2 Å². The fraction of sp³-hybridized carbons (Fsp3) is 0.200. The first-order valence-electron chi connectivity index (χ1n) is 11.9. The normalized spacial score (nSPS) is 11.1. The molecule has 0 saturated carbocycles. The molecule has 0 fully saturated rings. The molecule has 0 spiro atoms. The van der Waals surface area contributed by atoms with Gasteiger partial charge in [-0.2, -0.15) is 0 Å². The summed E-state index contributed by atoms with van der Waals surface area (Å²) in [5, 5.41) is 0. The van der Waals surface area contributed by atoms with E-state index in [2.05, 4.69) is 39.0 Å². The fourth-order valence-corrected chi connectivity index (χ4v) is 7.75. The van der Waals surface area contributed by atoms with Crippen LogP contribution in [0.2, 0.25) is 0 Å². The fourth-order valence-electron chi connectivity index (χ4n) is 4.33. The Bertz CT molecular complexity index is 1180. The van der Waals surface area contributed by atoms with Gasteiger partial charge in [-0.05, 0) is 90.6 Å². The van der Waals surface area contributed by atoms with Crippen LogP contribution in [0.3, 0.4) is 0 Å². The molecule has 4 rings (SSSR count). The molecule has 0 heterocycles. The Morgan fingerprint density at radius 1 is 0.444 bits per heavy atom. The maximum atomic E-state index is 6.25. The third-order valence-electron chi connectivity index (χ3n) is 6.59. The zero-order valence-corrected chi connectivity index (χ0v) is 23.5. The predicted octanol–water partition coefficient (Wildman–Crippen LogP) is 8.24. The molecule has 6 heteroatoms. The second-order valence-corrected chi connectivity index (χ2v) is 11.8. The Labute approximate surface area is 227 Å². The standard InChI is InChI=1S/C30H33N3S3/c1-19-22(16-34-28-13-7-4-10-25(28)31)20(2)24(18-36-30-15-9-6-12-27(30)33)21(3)23(19)17-35-29-14-8-5-11-26(29)32/h4-15H,16-18,31-33H2,1-3H3. The Morgan fingerprint density at radius 3 is 0.944 bits per heavy atom. The van der Waals surface area contributed by atoms with E-state index in [4.69, 9.17) is 17.2 Å². The molecule has 0 aliphatic rings. The molecule has 0 aliphatic heterocycles. The summed E-state index contributed by atoms with van der Waals surface area (Å²) in [4.78, 5) is 3.37. The van der Waals surface area contributed by atoms with Crippen LogP contribution in [0.5, 0.6) is 0 Å². The van der Waals surface area contributed by atoms with Crippen molar-refractivity contribution in [3.8, 4) is 0 Å². The first-order valence-corrected chi connectivity index (χ1v) is 14.8. The molecule has 3 nitrogen and oxygen atoms in total. The van der Waals surface area contributed by atoms with E-state index in [0.29, 0.717) is 0 Å². The van der Waals surface area contributed by atoms with Gasteiger partial charge in [0.2, 0.25) is 0 Å². The third-order valence-corrected chi connectivity index (χ3v) is 9.94. The van der Waals surface area contributed by atoms with E-state index in [1.54, 1.807) is 35.3 Å². The molecule has 0 atom stereocenters. The van der Waals surface area contributed by atoms with Gasteiger partial charge in [0.25, 0.3) is 0 Å². The van der Waals surface area contributed by atoms with Crippen molar-refractivity contribution in [2.45, 2.75) is 52.7 Å². The highest BCUT2D eigenvalue weighted by molar-refractivity contribution is 7.99. The first-order chi connectivity index (χ1) is 17.4. The maximum absolute atomic E-state index is 6.25. The monoisotopic (exact) mass is 531 g/mol. The average Bonchev–Trinajstić information content (AvgIpc) is 2.87. The summed E-state index contributed by atoms with van der Waals surface area (Å²) in [5.41, 5.74) is 29.5. The maximum Gasteiger partial charge on any atom is 0.0452 e. The number of benzene rings is 4. The van der Waals surface area contributed by atoms with Crippen molar-refractivity contribution in [3.63, 3.8) is 0 Å². The van der Waals surface area contributed by atoms with Crippen LogP contribution in [-0.2, 0) is 17.3 Å². The lowest BCUT2D eigenvalue weighted by Crippen LogP contribution is -2.06. The number of para-hydroxylation sites is 3. The van der Waals surface area contributed by atoms with Gasteiger partial charge in [-0.25, -0.2) is 0 Å². The molecule has 186 valence electrons. The molecule has 6 N–H and O–H groups in total. The highest BCUT2D eigenvalue weighted by Crippen LogP contribution is 2.39. The van der Waals surface area contributed by atoms with E-state index >= 15 is 0 Å². The second-order valence-electron chi connectivity index (χ2n) is 8.79. The molecule has 0 radical (unpaired) electrons. The van der Waals surface area contributed by atoms with Crippen LogP contribution in [0.15, 0.2) is 87.5 Å². The van der Waals surface area contributed by atoms with E-state index in [1.165, 1.54) is 33.4 Å². The van der Waals surface area contributed by atoms with Crippen molar-refractivity contribution in [1.29, 1.82) is 0 Å². The lowest BCUT2D eigenvalue weighted by Gasteiger charge is -2.23. The van der Waals surface area contributed by atoms with Crippen molar-refractivity contribution in [3.05, 3.63) is 106 Å². The van der Waals surface area contributed by atoms with Crippen LogP contribution in [0.1, 0.15) is 33.4 Å². The number of thioether (sulfide) groups is 3. The van der Waals surface area contributed by atoms with Crippen molar-refractivity contribution in [2.75, 3.05) is 17.2 Å². The molecule has 0 saturated heterocycles. The van der Waals surface area contributed by atoms with Crippen molar-refractivity contribution in [2.24, 2.45) is 0 Å². The number of hydrogen-bond donors (Lipinski definition) is 3. The Hall–Kier alpha value is -2.67. The van der Waals surface area contributed by atoms with Gasteiger partial charge in [0, 0.05) is 49.0 Å². The summed E-state index contributed by atoms with van der Waals surface area (Å²) >= 11 is 5.42. The second kappa shape index (κ2) is 12.0. The van der Waals surface area contributed by atoms with Gasteiger partial charge in [0.15, 0.2) is 0 Å². The van der Waals surface area contributed by atoms with Gasteiger partial charge in [-0.1, -0.05) is 36.4 Å². The van der Waals surface area contributed by atoms with Crippen LogP contribution >= 0.6 is 35.3 Å². The highest BCUT2D eigenvalue weighted by atomic mass is 32.2. The number of rotatable bonds is 9. The zero-order valence-electron chi connectivity index (χ0n) is 21.0. The molecule has 0 aliphatic carbocycles. The molecule has 36 heavy (non-hydrogen) atoms.